The first kappa shape index (κ1) is 21.6. The Labute approximate surface area is 139 Å². The van der Waals surface area contributed by atoms with Gasteiger partial charge in [0.1, 0.15) is 6.17 Å². The summed E-state index contributed by atoms with van der Waals surface area (Å²) in [7, 11) is 0. The standard InChI is InChI=1S/C15H31FN2O3S/c1-12(2)17-7-5-8-20-9-6-10-21-15(3,4)13(16)11-18-14(19)22/h12-13,17H,5-11H2,1-4H3,(H2,18,19,22). The Morgan fingerprint density at radius 2 is 1.86 bits per heavy atom. The minimum atomic E-state index is -1.29. The van der Waals surface area contributed by atoms with E-state index in [4.69, 9.17) is 9.47 Å². The van der Waals surface area contributed by atoms with Crippen LogP contribution < -0.4 is 10.6 Å². The fourth-order valence-electron chi connectivity index (χ4n) is 1.68. The number of rotatable bonds is 13. The molecule has 0 radical (unpaired) electrons. The zero-order chi connectivity index (χ0) is 17.0. The van der Waals surface area contributed by atoms with Crippen molar-refractivity contribution in [3.05, 3.63) is 0 Å². The van der Waals surface area contributed by atoms with Crippen molar-refractivity contribution in [2.75, 3.05) is 32.9 Å². The van der Waals surface area contributed by atoms with Crippen LogP contribution in [-0.2, 0) is 9.47 Å². The normalized spacial score (nSPS) is 13.4. The van der Waals surface area contributed by atoms with Gasteiger partial charge in [0.05, 0.1) is 12.1 Å². The van der Waals surface area contributed by atoms with E-state index in [9.17, 15) is 9.18 Å². The number of carbonyl (C=O) groups is 1. The lowest BCUT2D eigenvalue weighted by Gasteiger charge is -2.29. The molecule has 1 amide bonds. The summed E-state index contributed by atoms with van der Waals surface area (Å²) in [6.07, 6.45) is 0.402. The molecule has 0 aliphatic heterocycles. The molecule has 0 aliphatic rings. The third-order valence-electron chi connectivity index (χ3n) is 3.11. The monoisotopic (exact) mass is 338 g/mol. The van der Waals surface area contributed by atoms with Gasteiger partial charge in [0.25, 0.3) is 5.24 Å². The molecular formula is C15H31FN2O3S. The summed E-state index contributed by atoms with van der Waals surface area (Å²) in [5, 5.41) is 5.10. The van der Waals surface area contributed by atoms with E-state index < -0.39 is 17.0 Å². The van der Waals surface area contributed by atoms with Crippen molar-refractivity contribution < 1.29 is 18.7 Å². The number of alkyl halides is 1. The van der Waals surface area contributed by atoms with Crippen LogP contribution in [0.4, 0.5) is 9.18 Å². The second-order valence-corrected chi connectivity index (χ2v) is 6.44. The predicted molar refractivity (Wildman–Crippen MR) is 90.5 cm³/mol. The maximum Gasteiger partial charge on any atom is 0.276 e. The molecule has 2 N–H and O–H groups in total. The van der Waals surface area contributed by atoms with E-state index in [1.807, 2.05) is 0 Å². The Morgan fingerprint density at radius 1 is 1.23 bits per heavy atom. The van der Waals surface area contributed by atoms with Crippen molar-refractivity contribution in [3.63, 3.8) is 0 Å². The Kier molecular flexibility index (Phi) is 11.9. The summed E-state index contributed by atoms with van der Waals surface area (Å²) in [6, 6.07) is 0.497. The molecule has 1 atom stereocenters. The first-order valence-electron chi connectivity index (χ1n) is 7.81. The van der Waals surface area contributed by atoms with Gasteiger partial charge in [-0.1, -0.05) is 26.5 Å². The Morgan fingerprint density at radius 3 is 2.45 bits per heavy atom. The van der Waals surface area contributed by atoms with E-state index in [1.54, 1.807) is 13.8 Å². The highest BCUT2D eigenvalue weighted by Gasteiger charge is 2.30. The van der Waals surface area contributed by atoms with Crippen LogP contribution in [0.3, 0.4) is 0 Å². The maximum atomic E-state index is 13.9. The van der Waals surface area contributed by atoms with Crippen LogP contribution in [0.5, 0.6) is 0 Å². The first-order chi connectivity index (χ1) is 10.3. The molecule has 132 valence electrons. The van der Waals surface area contributed by atoms with Gasteiger partial charge in [0.15, 0.2) is 0 Å². The second-order valence-electron chi connectivity index (χ2n) is 6.03. The molecule has 0 aliphatic carbocycles. The summed E-state index contributed by atoms with van der Waals surface area (Å²) in [4.78, 5) is 10.6. The number of amides is 1. The smallest absolute Gasteiger partial charge is 0.276 e. The minimum absolute atomic E-state index is 0.102. The van der Waals surface area contributed by atoms with E-state index in [2.05, 4.69) is 37.1 Å². The van der Waals surface area contributed by atoms with Crippen molar-refractivity contribution in [2.45, 2.75) is 58.4 Å². The van der Waals surface area contributed by atoms with Crippen molar-refractivity contribution in [1.29, 1.82) is 0 Å². The van der Waals surface area contributed by atoms with E-state index in [0.717, 1.165) is 13.0 Å². The van der Waals surface area contributed by atoms with Gasteiger partial charge >= 0.3 is 0 Å². The average Bonchev–Trinajstić information content (AvgIpc) is 2.42. The van der Waals surface area contributed by atoms with E-state index in [1.165, 1.54) is 0 Å². The number of carbonyl (C=O) groups excluding carboxylic acids is 1. The van der Waals surface area contributed by atoms with Crippen molar-refractivity contribution in [1.82, 2.24) is 10.6 Å². The van der Waals surface area contributed by atoms with Crippen LogP contribution >= 0.6 is 12.6 Å². The summed E-state index contributed by atoms with van der Waals surface area (Å²) in [6.45, 7) is 10.1. The number of hydrogen-bond acceptors (Lipinski definition) is 4. The van der Waals surface area contributed by atoms with Crippen LogP contribution in [0, 0.1) is 0 Å². The Balaban J connectivity index is 3.57. The summed E-state index contributed by atoms with van der Waals surface area (Å²) in [5.41, 5.74) is -0.947. The summed E-state index contributed by atoms with van der Waals surface area (Å²) in [5.74, 6) is 0. The molecule has 5 nitrogen and oxygen atoms in total. The SMILES string of the molecule is CC(C)NCCCOCCCOC(C)(C)C(F)CNC(=O)S. The van der Waals surface area contributed by atoms with Gasteiger partial charge in [-0.3, -0.25) is 4.79 Å². The third-order valence-corrected chi connectivity index (χ3v) is 3.27. The molecule has 0 aromatic rings. The van der Waals surface area contributed by atoms with Crippen molar-refractivity contribution in [2.24, 2.45) is 0 Å². The molecule has 0 rings (SSSR count). The second kappa shape index (κ2) is 12.1. The van der Waals surface area contributed by atoms with E-state index in [0.29, 0.717) is 32.3 Å². The highest BCUT2D eigenvalue weighted by Crippen LogP contribution is 2.18. The van der Waals surface area contributed by atoms with Gasteiger partial charge in [-0.15, -0.1) is 0 Å². The minimum Gasteiger partial charge on any atom is -0.381 e. The highest BCUT2D eigenvalue weighted by atomic mass is 32.1. The lowest BCUT2D eigenvalue weighted by Crippen LogP contribution is -2.43. The molecule has 7 heteroatoms. The van der Waals surface area contributed by atoms with Gasteiger partial charge in [0, 0.05) is 25.9 Å². The Hall–Kier alpha value is -0.370. The summed E-state index contributed by atoms with van der Waals surface area (Å²) >= 11 is 3.53. The topological polar surface area (TPSA) is 59.6 Å². The van der Waals surface area contributed by atoms with Gasteiger partial charge in [-0.05, 0) is 33.2 Å². The van der Waals surface area contributed by atoms with Crippen LogP contribution in [0.2, 0.25) is 0 Å². The summed E-state index contributed by atoms with van der Waals surface area (Å²) < 4.78 is 24.9. The van der Waals surface area contributed by atoms with Gasteiger partial charge in [0.2, 0.25) is 0 Å². The Bertz CT molecular complexity index is 305. The molecule has 0 fully saturated rings. The molecule has 0 aromatic heterocycles. The first-order valence-corrected chi connectivity index (χ1v) is 8.26. The van der Waals surface area contributed by atoms with Crippen LogP contribution in [0.25, 0.3) is 0 Å². The van der Waals surface area contributed by atoms with Crippen molar-refractivity contribution >= 4 is 17.9 Å². The zero-order valence-corrected chi connectivity index (χ0v) is 15.0. The number of thiol groups is 1. The molecule has 0 heterocycles. The third kappa shape index (κ3) is 12.2. The lowest BCUT2D eigenvalue weighted by atomic mass is 10.0. The quantitative estimate of drug-likeness (QED) is 0.357. The van der Waals surface area contributed by atoms with E-state index >= 15 is 0 Å². The fraction of sp³-hybridized carbons (Fsp3) is 0.933. The molecule has 22 heavy (non-hydrogen) atoms. The van der Waals surface area contributed by atoms with Crippen LogP contribution in [0.15, 0.2) is 0 Å². The number of nitrogens with one attached hydrogen (secondary N) is 2. The number of ether oxygens (including phenoxy) is 2. The fourth-order valence-corrected chi connectivity index (χ4v) is 1.77. The molecular weight excluding hydrogens is 307 g/mol. The van der Waals surface area contributed by atoms with Gasteiger partial charge in [-0.2, -0.15) is 0 Å². The lowest BCUT2D eigenvalue weighted by molar-refractivity contribution is -0.0742. The molecule has 0 bridgehead atoms. The molecule has 1 unspecified atom stereocenters. The highest BCUT2D eigenvalue weighted by molar-refractivity contribution is 7.96. The predicted octanol–water partition coefficient (Wildman–Crippen LogP) is 2.55. The van der Waals surface area contributed by atoms with Gasteiger partial charge in [-0.25, -0.2) is 4.39 Å². The molecule has 0 aromatic carbocycles. The van der Waals surface area contributed by atoms with Crippen LogP contribution in [-0.4, -0.2) is 56.0 Å². The van der Waals surface area contributed by atoms with Crippen molar-refractivity contribution in [3.8, 4) is 0 Å². The van der Waals surface area contributed by atoms with Crippen LogP contribution in [0.1, 0.15) is 40.5 Å². The largest absolute Gasteiger partial charge is 0.381 e. The zero-order valence-electron chi connectivity index (χ0n) is 14.2. The number of hydrogen-bond donors (Lipinski definition) is 3. The molecule has 0 saturated heterocycles. The number of halogens is 1. The van der Waals surface area contributed by atoms with Gasteiger partial charge < -0.3 is 20.1 Å². The molecule has 0 saturated carbocycles. The molecule has 0 spiro atoms. The van der Waals surface area contributed by atoms with E-state index in [-0.39, 0.29) is 6.54 Å². The average molecular weight is 338 g/mol. The maximum absolute atomic E-state index is 13.9.